The van der Waals surface area contributed by atoms with Gasteiger partial charge in [0.15, 0.2) is 0 Å². The fourth-order valence-corrected chi connectivity index (χ4v) is 2.95. The Morgan fingerprint density at radius 2 is 2.00 bits per heavy atom. The first kappa shape index (κ1) is 16.2. The molecule has 1 fully saturated rings. The third kappa shape index (κ3) is 3.62. The summed E-state index contributed by atoms with van der Waals surface area (Å²) in [5, 5.41) is 12.1. The van der Waals surface area contributed by atoms with E-state index in [0.717, 1.165) is 24.0 Å². The van der Waals surface area contributed by atoms with E-state index in [1.807, 2.05) is 13.0 Å². The summed E-state index contributed by atoms with van der Waals surface area (Å²) < 4.78 is 0. The lowest BCUT2D eigenvalue weighted by molar-refractivity contribution is -0.116. The standard InChI is InChI=1S/C19H20N2O3/c1-12-10-11-20-18(17(12)14-6-7-14)21-16(22)9-8-13-4-2-3-5-15(13)19(23)24/h2-5,10-11,14H,6-9H2,1H3,(H,23,24)(H,20,21,22). The molecular formula is C19H20N2O3. The van der Waals surface area contributed by atoms with Crippen molar-refractivity contribution in [3.05, 3.63) is 58.8 Å². The van der Waals surface area contributed by atoms with E-state index in [1.165, 1.54) is 0 Å². The summed E-state index contributed by atoms with van der Waals surface area (Å²) >= 11 is 0. The number of carboxylic acids is 1. The molecule has 2 aromatic rings. The Balaban J connectivity index is 1.67. The van der Waals surface area contributed by atoms with Crippen LogP contribution in [0.2, 0.25) is 0 Å². The Morgan fingerprint density at radius 1 is 1.25 bits per heavy atom. The highest BCUT2D eigenvalue weighted by Gasteiger charge is 2.28. The van der Waals surface area contributed by atoms with Gasteiger partial charge < -0.3 is 10.4 Å². The summed E-state index contributed by atoms with van der Waals surface area (Å²) in [5.41, 5.74) is 3.20. The molecule has 1 aliphatic rings. The first-order valence-corrected chi connectivity index (χ1v) is 8.13. The molecule has 24 heavy (non-hydrogen) atoms. The molecule has 0 aliphatic heterocycles. The zero-order valence-electron chi connectivity index (χ0n) is 13.6. The van der Waals surface area contributed by atoms with Crippen molar-refractivity contribution in [2.45, 2.75) is 38.5 Å². The highest BCUT2D eigenvalue weighted by Crippen LogP contribution is 2.44. The summed E-state index contributed by atoms with van der Waals surface area (Å²) in [6, 6.07) is 8.74. The van der Waals surface area contributed by atoms with Crippen LogP contribution in [0.15, 0.2) is 36.5 Å². The van der Waals surface area contributed by atoms with Crippen LogP contribution in [-0.4, -0.2) is 22.0 Å². The number of carbonyl (C=O) groups excluding carboxylic acids is 1. The number of pyridine rings is 1. The van der Waals surface area contributed by atoms with Crippen LogP contribution in [0.5, 0.6) is 0 Å². The molecule has 0 unspecified atom stereocenters. The smallest absolute Gasteiger partial charge is 0.335 e. The minimum atomic E-state index is -0.970. The number of rotatable bonds is 6. The van der Waals surface area contributed by atoms with Gasteiger partial charge in [-0.15, -0.1) is 0 Å². The maximum atomic E-state index is 12.3. The molecule has 1 aromatic heterocycles. The number of aromatic nitrogens is 1. The van der Waals surface area contributed by atoms with Gasteiger partial charge in [0.05, 0.1) is 5.56 Å². The van der Waals surface area contributed by atoms with Crippen molar-refractivity contribution >= 4 is 17.7 Å². The van der Waals surface area contributed by atoms with Gasteiger partial charge in [0.25, 0.3) is 0 Å². The van der Waals surface area contributed by atoms with Crippen molar-refractivity contribution in [1.82, 2.24) is 4.98 Å². The third-order valence-corrected chi connectivity index (χ3v) is 4.32. The van der Waals surface area contributed by atoms with Crippen LogP contribution in [0.3, 0.4) is 0 Å². The number of carbonyl (C=O) groups is 2. The minimum Gasteiger partial charge on any atom is -0.478 e. The fourth-order valence-electron chi connectivity index (χ4n) is 2.95. The molecule has 0 atom stereocenters. The zero-order valence-corrected chi connectivity index (χ0v) is 13.6. The highest BCUT2D eigenvalue weighted by atomic mass is 16.4. The molecule has 1 aliphatic carbocycles. The first-order chi connectivity index (χ1) is 11.6. The van der Waals surface area contributed by atoms with Crippen LogP contribution in [0.1, 0.15) is 52.2 Å². The van der Waals surface area contributed by atoms with Gasteiger partial charge in [0.2, 0.25) is 5.91 Å². The van der Waals surface area contributed by atoms with Crippen LogP contribution in [-0.2, 0) is 11.2 Å². The van der Waals surface area contributed by atoms with Crippen LogP contribution < -0.4 is 5.32 Å². The summed E-state index contributed by atoms with van der Waals surface area (Å²) in [4.78, 5) is 27.8. The van der Waals surface area contributed by atoms with Gasteiger partial charge in [0.1, 0.15) is 5.82 Å². The molecule has 3 rings (SSSR count). The number of anilines is 1. The van der Waals surface area contributed by atoms with Gasteiger partial charge >= 0.3 is 5.97 Å². The third-order valence-electron chi connectivity index (χ3n) is 4.32. The van der Waals surface area contributed by atoms with Gasteiger partial charge in [0, 0.05) is 18.2 Å². The lowest BCUT2D eigenvalue weighted by Gasteiger charge is -2.12. The number of aromatic carboxylic acids is 1. The fraction of sp³-hybridized carbons (Fsp3) is 0.316. The Bertz CT molecular complexity index is 782. The maximum Gasteiger partial charge on any atom is 0.335 e. The summed E-state index contributed by atoms with van der Waals surface area (Å²) in [6.45, 7) is 2.04. The molecule has 0 spiro atoms. The molecule has 1 amide bonds. The second-order valence-corrected chi connectivity index (χ2v) is 6.17. The number of carboxylic acid groups (broad SMARTS) is 1. The second-order valence-electron chi connectivity index (χ2n) is 6.17. The van der Waals surface area contributed by atoms with E-state index in [0.29, 0.717) is 23.7 Å². The van der Waals surface area contributed by atoms with E-state index >= 15 is 0 Å². The summed E-state index contributed by atoms with van der Waals surface area (Å²) in [5.74, 6) is 0.0355. The average Bonchev–Trinajstić information content (AvgIpc) is 3.38. The van der Waals surface area contributed by atoms with E-state index < -0.39 is 5.97 Å². The largest absolute Gasteiger partial charge is 0.478 e. The molecule has 5 heteroatoms. The molecule has 1 heterocycles. The van der Waals surface area contributed by atoms with Crippen molar-refractivity contribution in [3.8, 4) is 0 Å². The molecular weight excluding hydrogens is 304 g/mol. The average molecular weight is 324 g/mol. The van der Waals surface area contributed by atoms with Gasteiger partial charge in [-0.05, 0) is 55.4 Å². The van der Waals surface area contributed by atoms with Crippen LogP contribution in [0.4, 0.5) is 5.82 Å². The van der Waals surface area contributed by atoms with E-state index in [2.05, 4.69) is 10.3 Å². The molecule has 1 aromatic carbocycles. The summed E-state index contributed by atoms with van der Waals surface area (Å²) in [6.07, 6.45) is 4.60. The van der Waals surface area contributed by atoms with E-state index in [9.17, 15) is 14.7 Å². The second kappa shape index (κ2) is 6.83. The first-order valence-electron chi connectivity index (χ1n) is 8.13. The topological polar surface area (TPSA) is 79.3 Å². The number of hydrogen-bond donors (Lipinski definition) is 2. The van der Waals surface area contributed by atoms with E-state index in [-0.39, 0.29) is 17.9 Å². The van der Waals surface area contributed by atoms with E-state index in [1.54, 1.807) is 30.5 Å². The number of aryl methyl sites for hydroxylation is 2. The Hall–Kier alpha value is -2.69. The Kier molecular flexibility index (Phi) is 4.60. The Labute approximate surface area is 140 Å². The Morgan fingerprint density at radius 3 is 2.71 bits per heavy atom. The number of nitrogens with one attached hydrogen (secondary N) is 1. The van der Waals surface area contributed by atoms with Crippen molar-refractivity contribution in [3.63, 3.8) is 0 Å². The predicted octanol–water partition coefficient (Wildman–Crippen LogP) is 3.54. The molecule has 2 N–H and O–H groups in total. The van der Waals surface area contributed by atoms with Crippen molar-refractivity contribution in [1.29, 1.82) is 0 Å². The summed E-state index contributed by atoms with van der Waals surface area (Å²) in [7, 11) is 0. The van der Waals surface area contributed by atoms with Gasteiger partial charge in [-0.25, -0.2) is 9.78 Å². The molecule has 124 valence electrons. The van der Waals surface area contributed by atoms with Crippen LogP contribution in [0, 0.1) is 6.92 Å². The predicted molar refractivity (Wildman–Crippen MR) is 91.3 cm³/mol. The highest BCUT2D eigenvalue weighted by molar-refractivity contribution is 5.92. The van der Waals surface area contributed by atoms with E-state index in [4.69, 9.17) is 0 Å². The number of amides is 1. The molecule has 0 bridgehead atoms. The van der Waals surface area contributed by atoms with Crippen LogP contribution >= 0.6 is 0 Å². The monoisotopic (exact) mass is 324 g/mol. The van der Waals surface area contributed by atoms with Crippen LogP contribution in [0.25, 0.3) is 0 Å². The minimum absolute atomic E-state index is 0.143. The van der Waals surface area contributed by atoms with Gasteiger partial charge in [-0.2, -0.15) is 0 Å². The molecule has 5 nitrogen and oxygen atoms in total. The molecule has 0 saturated heterocycles. The molecule has 0 radical (unpaired) electrons. The van der Waals surface area contributed by atoms with Gasteiger partial charge in [-0.3, -0.25) is 4.79 Å². The quantitative estimate of drug-likeness (QED) is 0.852. The van der Waals surface area contributed by atoms with Crippen molar-refractivity contribution < 1.29 is 14.7 Å². The number of benzene rings is 1. The SMILES string of the molecule is Cc1ccnc(NC(=O)CCc2ccccc2C(=O)O)c1C1CC1. The zero-order chi connectivity index (χ0) is 17.1. The number of hydrogen-bond acceptors (Lipinski definition) is 3. The van der Waals surface area contributed by atoms with Crippen molar-refractivity contribution in [2.24, 2.45) is 0 Å². The van der Waals surface area contributed by atoms with Gasteiger partial charge in [-0.1, -0.05) is 18.2 Å². The lowest BCUT2D eigenvalue weighted by Crippen LogP contribution is -2.16. The lowest BCUT2D eigenvalue weighted by atomic mass is 10.0. The maximum absolute atomic E-state index is 12.3. The normalized spacial score (nSPS) is 13.5. The number of nitrogens with zero attached hydrogens (tertiary/aromatic N) is 1. The van der Waals surface area contributed by atoms with Crippen molar-refractivity contribution in [2.75, 3.05) is 5.32 Å². The molecule has 1 saturated carbocycles.